The third-order valence-electron chi connectivity index (χ3n) is 4.71. The maximum atomic E-state index is 14.1. The predicted octanol–water partition coefficient (Wildman–Crippen LogP) is 3.26. The topological polar surface area (TPSA) is 101 Å². The van der Waals surface area contributed by atoms with Crippen LogP contribution in [0.2, 0.25) is 0 Å². The Morgan fingerprint density at radius 1 is 1.24 bits per heavy atom. The molecule has 0 bridgehead atoms. The summed E-state index contributed by atoms with van der Waals surface area (Å²) in [5, 5.41) is 2.52. The molecule has 0 saturated carbocycles. The summed E-state index contributed by atoms with van der Waals surface area (Å²) >= 11 is 0. The molecule has 2 aromatic rings. The number of urea groups is 1. The zero-order valence-electron chi connectivity index (χ0n) is 17.6. The summed E-state index contributed by atoms with van der Waals surface area (Å²) in [4.78, 5) is 42.1. The molecule has 176 valence electrons. The Balaban J connectivity index is 1.84. The standard InChI is InChI=1S/C20H18F4N4O5/c1-10(29)28-15(9-27(2)19(28)31)17(30)26-14-7-12(4-5-16(14)32-3)33-18-13(21)6-11(8-25-18)20(22,23)24/h4-8,15H,9H2,1-3H3,(H,26,30). The van der Waals surface area contributed by atoms with Crippen LogP contribution in [0.3, 0.4) is 0 Å². The van der Waals surface area contributed by atoms with Gasteiger partial charge in [0, 0.05) is 26.2 Å². The van der Waals surface area contributed by atoms with Gasteiger partial charge in [-0.1, -0.05) is 0 Å². The van der Waals surface area contributed by atoms with Crippen molar-refractivity contribution >= 4 is 23.5 Å². The van der Waals surface area contributed by atoms with Crippen LogP contribution < -0.4 is 14.8 Å². The molecule has 9 nitrogen and oxygen atoms in total. The highest BCUT2D eigenvalue weighted by Crippen LogP contribution is 2.34. The molecule has 1 aromatic carbocycles. The van der Waals surface area contributed by atoms with Gasteiger partial charge < -0.3 is 19.7 Å². The Morgan fingerprint density at radius 2 is 1.94 bits per heavy atom. The second kappa shape index (κ2) is 8.92. The van der Waals surface area contributed by atoms with Crippen LogP contribution in [0.1, 0.15) is 12.5 Å². The number of anilines is 1. The van der Waals surface area contributed by atoms with Crippen LogP contribution in [-0.2, 0) is 15.8 Å². The van der Waals surface area contributed by atoms with Crippen molar-refractivity contribution in [1.82, 2.24) is 14.8 Å². The number of benzene rings is 1. The molecule has 33 heavy (non-hydrogen) atoms. The number of aromatic nitrogens is 1. The van der Waals surface area contributed by atoms with E-state index in [0.29, 0.717) is 6.20 Å². The molecular formula is C20H18F4N4O5. The molecule has 0 radical (unpaired) electrons. The Kier molecular flexibility index (Phi) is 6.42. The van der Waals surface area contributed by atoms with Gasteiger partial charge in [0.05, 0.1) is 24.9 Å². The molecule has 1 N–H and O–H groups in total. The van der Waals surface area contributed by atoms with Crippen molar-refractivity contribution in [3.8, 4) is 17.4 Å². The van der Waals surface area contributed by atoms with Gasteiger partial charge in [-0.05, 0) is 18.2 Å². The molecule has 1 aromatic heterocycles. The number of imide groups is 1. The van der Waals surface area contributed by atoms with Crippen molar-refractivity contribution in [2.45, 2.75) is 19.1 Å². The summed E-state index contributed by atoms with van der Waals surface area (Å²) in [6.07, 6.45) is -4.35. The number of amides is 4. The van der Waals surface area contributed by atoms with E-state index in [2.05, 4.69) is 10.3 Å². The lowest BCUT2D eigenvalue weighted by Gasteiger charge is -2.20. The van der Waals surface area contributed by atoms with E-state index in [1.54, 1.807) is 0 Å². The number of nitrogens with one attached hydrogen (secondary N) is 1. The molecule has 13 heteroatoms. The van der Waals surface area contributed by atoms with Crippen molar-refractivity contribution < 1.29 is 41.4 Å². The average Bonchev–Trinajstić information content (AvgIpc) is 3.04. The van der Waals surface area contributed by atoms with Crippen molar-refractivity contribution in [2.75, 3.05) is 26.0 Å². The number of nitrogens with zero attached hydrogens (tertiary/aromatic N) is 3. The minimum absolute atomic E-state index is 0.0383. The summed E-state index contributed by atoms with van der Waals surface area (Å²) in [6, 6.07) is 2.43. The fourth-order valence-electron chi connectivity index (χ4n) is 3.12. The second-order valence-corrected chi connectivity index (χ2v) is 7.03. The van der Waals surface area contributed by atoms with Crippen LogP contribution in [0.5, 0.6) is 17.4 Å². The van der Waals surface area contributed by atoms with Gasteiger partial charge in [0.2, 0.25) is 11.8 Å². The second-order valence-electron chi connectivity index (χ2n) is 7.03. The van der Waals surface area contributed by atoms with Crippen molar-refractivity contribution in [3.63, 3.8) is 0 Å². The Bertz CT molecular complexity index is 1110. The van der Waals surface area contributed by atoms with Crippen LogP contribution >= 0.6 is 0 Å². The number of halogens is 4. The SMILES string of the molecule is COc1ccc(Oc2ncc(C(F)(F)F)cc2F)cc1NC(=O)C1CN(C)C(=O)N1C(C)=O. The van der Waals surface area contributed by atoms with E-state index >= 15 is 0 Å². The van der Waals surface area contributed by atoms with Gasteiger partial charge in [-0.15, -0.1) is 0 Å². The van der Waals surface area contributed by atoms with Crippen LogP contribution in [0, 0.1) is 5.82 Å². The van der Waals surface area contributed by atoms with E-state index in [4.69, 9.17) is 9.47 Å². The summed E-state index contributed by atoms with van der Waals surface area (Å²) in [5.74, 6) is -3.26. The Hall–Kier alpha value is -3.90. The van der Waals surface area contributed by atoms with Crippen LogP contribution in [0.15, 0.2) is 30.5 Å². The Labute approximate surface area is 184 Å². The fourth-order valence-corrected chi connectivity index (χ4v) is 3.12. The van der Waals surface area contributed by atoms with Crippen molar-refractivity contribution in [3.05, 3.63) is 41.8 Å². The highest BCUT2D eigenvalue weighted by Gasteiger charge is 2.42. The first-order valence-electron chi connectivity index (χ1n) is 9.36. The number of rotatable bonds is 5. The van der Waals surface area contributed by atoms with E-state index in [1.165, 1.54) is 37.3 Å². The van der Waals surface area contributed by atoms with E-state index in [-0.39, 0.29) is 29.8 Å². The molecule has 1 aliphatic heterocycles. The fraction of sp³-hybridized carbons (Fsp3) is 0.300. The van der Waals surface area contributed by atoms with Gasteiger partial charge in [-0.3, -0.25) is 9.59 Å². The lowest BCUT2D eigenvalue weighted by Crippen LogP contribution is -2.45. The number of methoxy groups -OCH3 is 1. The zero-order valence-corrected chi connectivity index (χ0v) is 17.6. The molecule has 3 rings (SSSR count). The minimum atomic E-state index is -4.77. The molecule has 1 fully saturated rings. The number of ether oxygens (including phenoxy) is 2. The zero-order chi connectivity index (χ0) is 24.5. The first kappa shape index (κ1) is 23.8. The van der Waals surface area contributed by atoms with Crippen LogP contribution in [0.4, 0.5) is 28.0 Å². The number of carbonyl (C=O) groups is 3. The molecule has 1 unspecified atom stereocenters. The van der Waals surface area contributed by atoms with Gasteiger partial charge in [0.1, 0.15) is 17.5 Å². The van der Waals surface area contributed by atoms with Gasteiger partial charge in [-0.25, -0.2) is 19.1 Å². The summed E-state index contributed by atoms with van der Waals surface area (Å²) in [6.45, 7) is 1.11. The van der Waals surface area contributed by atoms with Gasteiger partial charge in [-0.2, -0.15) is 13.2 Å². The molecule has 1 aliphatic rings. The first-order valence-corrected chi connectivity index (χ1v) is 9.36. The van der Waals surface area contributed by atoms with Gasteiger partial charge >= 0.3 is 12.2 Å². The first-order chi connectivity index (χ1) is 15.4. The predicted molar refractivity (Wildman–Crippen MR) is 105 cm³/mol. The van der Waals surface area contributed by atoms with Gasteiger partial charge in [0.25, 0.3) is 5.88 Å². The summed E-state index contributed by atoms with van der Waals surface area (Å²) < 4.78 is 62.5. The lowest BCUT2D eigenvalue weighted by molar-refractivity contribution is -0.138. The normalized spacial score (nSPS) is 16.1. The third kappa shape index (κ3) is 4.96. The number of alkyl halides is 3. The third-order valence-corrected chi connectivity index (χ3v) is 4.71. The number of hydrogen-bond donors (Lipinski definition) is 1. The molecule has 0 spiro atoms. The molecular weight excluding hydrogens is 452 g/mol. The molecule has 4 amide bonds. The highest BCUT2D eigenvalue weighted by molar-refractivity contribution is 6.05. The molecule has 0 aliphatic carbocycles. The lowest BCUT2D eigenvalue weighted by atomic mass is 10.2. The van der Waals surface area contributed by atoms with Crippen LogP contribution in [-0.4, -0.2) is 59.4 Å². The van der Waals surface area contributed by atoms with E-state index in [1.807, 2.05) is 0 Å². The maximum Gasteiger partial charge on any atom is 0.417 e. The largest absolute Gasteiger partial charge is 0.495 e. The Morgan fingerprint density at radius 3 is 2.52 bits per heavy atom. The van der Waals surface area contributed by atoms with E-state index < -0.39 is 47.3 Å². The maximum absolute atomic E-state index is 14.1. The average molecular weight is 470 g/mol. The molecule has 2 heterocycles. The summed E-state index contributed by atoms with van der Waals surface area (Å²) in [5.41, 5.74) is -1.22. The molecule has 1 atom stereocenters. The van der Waals surface area contributed by atoms with Crippen molar-refractivity contribution in [2.24, 2.45) is 0 Å². The monoisotopic (exact) mass is 470 g/mol. The highest BCUT2D eigenvalue weighted by atomic mass is 19.4. The van der Waals surface area contributed by atoms with Crippen molar-refractivity contribution in [1.29, 1.82) is 0 Å². The number of carbonyl (C=O) groups excluding carboxylic acids is 3. The van der Waals surface area contributed by atoms with Crippen LogP contribution in [0.25, 0.3) is 0 Å². The smallest absolute Gasteiger partial charge is 0.417 e. The van der Waals surface area contributed by atoms with E-state index in [0.717, 1.165) is 11.8 Å². The minimum Gasteiger partial charge on any atom is -0.495 e. The number of likely N-dealkylation sites (N-methyl/N-ethyl adjacent to an activating group) is 1. The quantitative estimate of drug-likeness (QED) is 0.674. The molecule has 1 saturated heterocycles. The summed E-state index contributed by atoms with van der Waals surface area (Å²) in [7, 11) is 2.75. The van der Waals surface area contributed by atoms with E-state index in [9.17, 15) is 31.9 Å². The van der Waals surface area contributed by atoms with Gasteiger partial charge in [0.15, 0.2) is 5.82 Å². The number of hydrogen-bond acceptors (Lipinski definition) is 6. The number of pyridine rings is 1.